The van der Waals surface area contributed by atoms with Crippen molar-refractivity contribution in [1.82, 2.24) is 0 Å². The fourth-order valence-corrected chi connectivity index (χ4v) is 2.31. The van der Waals surface area contributed by atoms with Crippen LogP contribution in [0.1, 0.15) is 0 Å². The molecule has 0 unspecified atom stereocenters. The lowest BCUT2D eigenvalue weighted by Crippen LogP contribution is -1.84. The molecule has 0 saturated carbocycles. The monoisotopic (exact) mass is 391 g/mol. The fourth-order valence-electron chi connectivity index (χ4n) is 1.12. The van der Waals surface area contributed by atoms with Crippen molar-refractivity contribution < 1.29 is 5.11 Å². The second-order valence-electron chi connectivity index (χ2n) is 3.52. The molecule has 0 aliphatic heterocycles. The molecule has 2 aromatic carbocycles. The minimum Gasteiger partial charge on any atom is -0.508 e. The van der Waals surface area contributed by atoms with Crippen molar-refractivity contribution in [3.8, 4) is 5.75 Å². The van der Waals surface area contributed by atoms with Crippen LogP contribution in [0.15, 0.2) is 24.3 Å². The number of rotatable bonds is 0. The third-order valence-corrected chi connectivity index (χ3v) is 4.37. The van der Waals surface area contributed by atoms with Crippen LogP contribution in [0, 0.1) is 0 Å². The zero-order chi connectivity index (χ0) is 15.4. The third-order valence-electron chi connectivity index (χ3n) is 1.97. The molecule has 0 aromatic heterocycles. The van der Waals surface area contributed by atoms with E-state index in [1.54, 1.807) is 12.1 Å². The number of nitrogens with two attached hydrogens (primary N) is 1. The van der Waals surface area contributed by atoms with Crippen LogP contribution in [0.25, 0.3) is 0 Å². The standard InChI is InChI=1S/C6H4Cl3N.C6H3Cl3O/c2*7-4-1-3(10)2-5(8)6(4)9/h1-2H,10H2;1-2,10H. The number of aromatic hydroxyl groups is 1. The van der Waals surface area contributed by atoms with Gasteiger partial charge in [-0.25, -0.2) is 0 Å². The summed E-state index contributed by atoms with van der Waals surface area (Å²) in [5, 5.41) is 10.8. The zero-order valence-electron chi connectivity index (χ0n) is 9.60. The summed E-state index contributed by atoms with van der Waals surface area (Å²) < 4.78 is 0. The molecular formula is C12H7Cl6NO. The number of benzene rings is 2. The highest BCUT2D eigenvalue weighted by Gasteiger charge is 2.04. The number of hydrogen-bond donors (Lipinski definition) is 2. The second-order valence-corrected chi connectivity index (χ2v) is 5.91. The quantitative estimate of drug-likeness (QED) is 0.392. The predicted octanol–water partition coefficient (Wildman–Crippen LogP) is 6.58. The zero-order valence-corrected chi connectivity index (χ0v) is 14.1. The summed E-state index contributed by atoms with van der Waals surface area (Å²) >= 11 is 33.5. The molecule has 2 aromatic rings. The van der Waals surface area contributed by atoms with Crippen molar-refractivity contribution >= 4 is 75.3 Å². The van der Waals surface area contributed by atoms with Crippen molar-refractivity contribution in [3.63, 3.8) is 0 Å². The molecule has 2 nitrogen and oxygen atoms in total. The first-order valence-corrected chi connectivity index (χ1v) is 7.22. The molecule has 0 radical (unpaired) electrons. The van der Waals surface area contributed by atoms with Crippen molar-refractivity contribution in [3.05, 3.63) is 54.4 Å². The maximum absolute atomic E-state index is 8.89. The summed E-state index contributed by atoms with van der Waals surface area (Å²) in [6.07, 6.45) is 0. The summed E-state index contributed by atoms with van der Waals surface area (Å²) in [6.45, 7) is 0. The van der Waals surface area contributed by atoms with Crippen LogP contribution < -0.4 is 5.73 Å². The summed E-state index contributed by atoms with van der Waals surface area (Å²) in [7, 11) is 0. The summed E-state index contributed by atoms with van der Waals surface area (Å²) in [5.41, 5.74) is 5.91. The number of nitrogen functional groups attached to an aromatic ring is 1. The maximum Gasteiger partial charge on any atom is 0.118 e. The van der Waals surface area contributed by atoms with Gasteiger partial charge in [0, 0.05) is 17.8 Å². The van der Waals surface area contributed by atoms with E-state index in [0.717, 1.165) is 0 Å². The van der Waals surface area contributed by atoms with Gasteiger partial charge in [0.05, 0.1) is 30.1 Å². The molecule has 0 fully saturated rings. The molecule has 0 bridgehead atoms. The Bertz CT molecular complexity index is 530. The minimum atomic E-state index is 0.0133. The topological polar surface area (TPSA) is 46.2 Å². The molecule has 0 aliphatic rings. The van der Waals surface area contributed by atoms with Gasteiger partial charge in [-0.3, -0.25) is 0 Å². The average Bonchev–Trinajstić information content (AvgIpc) is 2.33. The van der Waals surface area contributed by atoms with E-state index in [4.69, 9.17) is 80.4 Å². The van der Waals surface area contributed by atoms with E-state index < -0.39 is 0 Å². The SMILES string of the molecule is Nc1cc(Cl)c(Cl)c(Cl)c1.Oc1cc(Cl)c(Cl)c(Cl)c1. The second kappa shape index (κ2) is 7.69. The molecule has 20 heavy (non-hydrogen) atoms. The first kappa shape index (κ1) is 17.8. The Hall–Kier alpha value is -0.220. The minimum absolute atomic E-state index is 0.0133. The van der Waals surface area contributed by atoms with Gasteiger partial charge >= 0.3 is 0 Å². The Kier molecular flexibility index (Phi) is 6.86. The molecule has 8 heteroatoms. The lowest BCUT2D eigenvalue weighted by atomic mass is 10.3. The lowest BCUT2D eigenvalue weighted by Gasteiger charge is -1.99. The molecule has 0 spiro atoms. The normalized spacial score (nSPS) is 9.90. The van der Waals surface area contributed by atoms with Gasteiger partial charge in [-0.05, 0) is 12.1 Å². The van der Waals surface area contributed by atoms with E-state index in [1.165, 1.54) is 12.1 Å². The number of halogens is 6. The fraction of sp³-hybridized carbons (Fsp3) is 0. The summed E-state index contributed by atoms with van der Waals surface area (Å²) in [4.78, 5) is 0. The molecule has 0 atom stereocenters. The number of hydrogen-bond acceptors (Lipinski definition) is 2. The van der Waals surface area contributed by atoms with Crippen LogP contribution in [0.5, 0.6) is 5.75 Å². The van der Waals surface area contributed by atoms with Gasteiger partial charge < -0.3 is 10.8 Å². The largest absolute Gasteiger partial charge is 0.508 e. The number of phenolic OH excluding ortho intramolecular Hbond substituents is 1. The van der Waals surface area contributed by atoms with Gasteiger partial charge in [0.25, 0.3) is 0 Å². The Morgan fingerprint density at radius 2 is 0.950 bits per heavy atom. The van der Waals surface area contributed by atoms with Crippen molar-refractivity contribution in [2.75, 3.05) is 5.73 Å². The highest BCUT2D eigenvalue weighted by atomic mass is 35.5. The van der Waals surface area contributed by atoms with Gasteiger partial charge in [0.1, 0.15) is 5.75 Å². The van der Waals surface area contributed by atoms with Crippen molar-refractivity contribution in [2.24, 2.45) is 0 Å². The lowest BCUT2D eigenvalue weighted by molar-refractivity contribution is 0.475. The van der Waals surface area contributed by atoms with E-state index in [9.17, 15) is 0 Å². The molecule has 2 rings (SSSR count). The van der Waals surface area contributed by atoms with Gasteiger partial charge in [-0.15, -0.1) is 0 Å². The Balaban J connectivity index is 0.000000200. The molecule has 108 valence electrons. The number of phenols is 1. The van der Waals surface area contributed by atoms with Crippen LogP contribution in [0.3, 0.4) is 0 Å². The van der Waals surface area contributed by atoms with Gasteiger partial charge in [0.15, 0.2) is 0 Å². The van der Waals surface area contributed by atoms with Crippen LogP contribution in [0.4, 0.5) is 5.69 Å². The third kappa shape index (κ3) is 4.96. The van der Waals surface area contributed by atoms with E-state index in [1.807, 2.05) is 0 Å². The van der Waals surface area contributed by atoms with E-state index in [2.05, 4.69) is 0 Å². The van der Waals surface area contributed by atoms with Gasteiger partial charge in [0.2, 0.25) is 0 Å². The molecule has 0 heterocycles. The van der Waals surface area contributed by atoms with Crippen LogP contribution in [-0.2, 0) is 0 Å². The predicted molar refractivity (Wildman–Crippen MR) is 89.0 cm³/mol. The Labute approximate surface area is 145 Å². The Morgan fingerprint density at radius 3 is 1.30 bits per heavy atom. The highest BCUT2D eigenvalue weighted by Crippen LogP contribution is 2.33. The summed E-state index contributed by atoms with van der Waals surface area (Å²) in [6, 6.07) is 5.76. The Morgan fingerprint density at radius 1 is 0.650 bits per heavy atom. The summed E-state index contributed by atoms with van der Waals surface area (Å²) in [5.74, 6) is 0.0133. The first-order chi connectivity index (χ1) is 9.22. The highest BCUT2D eigenvalue weighted by molar-refractivity contribution is 6.48. The van der Waals surface area contributed by atoms with Crippen LogP contribution >= 0.6 is 69.6 Å². The van der Waals surface area contributed by atoms with Gasteiger partial charge in [-0.1, -0.05) is 69.6 Å². The smallest absolute Gasteiger partial charge is 0.118 e. The molecular weight excluding hydrogens is 387 g/mol. The van der Waals surface area contributed by atoms with Crippen LogP contribution in [0.2, 0.25) is 30.1 Å². The number of anilines is 1. The molecule has 0 aliphatic carbocycles. The van der Waals surface area contributed by atoms with E-state index >= 15 is 0 Å². The maximum atomic E-state index is 8.89. The molecule has 3 N–H and O–H groups in total. The van der Waals surface area contributed by atoms with Crippen molar-refractivity contribution in [2.45, 2.75) is 0 Å². The first-order valence-electron chi connectivity index (χ1n) is 4.96. The molecule has 0 amide bonds. The van der Waals surface area contributed by atoms with E-state index in [0.29, 0.717) is 20.8 Å². The van der Waals surface area contributed by atoms with Gasteiger partial charge in [-0.2, -0.15) is 0 Å². The van der Waals surface area contributed by atoms with Crippen molar-refractivity contribution in [1.29, 1.82) is 0 Å². The van der Waals surface area contributed by atoms with Crippen LogP contribution in [-0.4, -0.2) is 5.11 Å². The van der Waals surface area contributed by atoms with E-state index in [-0.39, 0.29) is 20.8 Å². The molecule has 0 saturated heterocycles. The average molecular weight is 394 g/mol.